The smallest absolute Gasteiger partial charge is 0.269 e. The van der Waals surface area contributed by atoms with Crippen molar-refractivity contribution in [2.24, 2.45) is 0 Å². The monoisotopic (exact) mass is 345 g/mol. The Kier molecular flexibility index (Phi) is 5.92. The third-order valence-corrected chi connectivity index (χ3v) is 3.33. The molecule has 3 amide bonds. The average molecular weight is 346 g/mol. The Labute approximate surface area is 144 Å². The van der Waals surface area contributed by atoms with Crippen LogP contribution in [0.2, 0.25) is 5.02 Å². The van der Waals surface area contributed by atoms with Crippen LogP contribution in [0, 0.1) is 6.92 Å². The van der Waals surface area contributed by atoms with Gasteiger partial charge in [-0.15, -0.1) is 0 Å². The molecule has 2 aromatic rings. The Morgan fingerprint density at radius 3 is 2.25 bits per heavy atom. The number of halogens is 1. The molecule has 0 spiro atoms. The first kappa shape index (κ1) is 17.5. The van der Waals surface area contributed by atoms with E-state index in [0.717, 1.165) is 5.56 Å². The third-order valence-electron chi connectivity index (χ3n) is 3.09. The van der Waals surface area contributed by atoms with E-state index in [1.807, 2.05) is 13.0 Å². The van der Waals surface area contributed by atoms with Crippen molar-refractivity contribution in [3.05, 3.63) is 70.2 Å². The van der Waals surface area contributed by atoms with Crippen molar-refractivity contribution in [3.8, 4) is 0 Å². The highest BCUT2D eigenvalue weighted by Crippen LogP contribution is 2.10. The van der Waals surface area contributed by atoms with Crippen LogP contribution in [-0.4, -0.2) is 24.3 Å². The number of benzene rings is 2. The molecule has 0 aliphatic carbocycles. The Balaban J connectivity index is 1.79. The van der Waals surface area contributed by atoms with E-state index < -0.39 is 11.8 Å². The van der Waals surface area contributed by atoms with E-state index in [-0.39, 0.29) is 12.5 Å². The summed E-state index contributed by atoms with van der Waals surface area (Å²) in [4.78, 5) is 35.4. The normalized spacial score (nSPS) is 9.92. The van der Waals surface area contributed by atoms with Gasteiger partial charge >= 0.3 is 0 Å². The molecule has 24 heavy (non-hydrogen) atoms. The Bertz CT molecular complexity index is 714. The molecule has 0 aromatic heterocycles. The van der Waals surface area contributed by atoms with Crippen molar-refractivity contribution >= 4 is 29.3 Å². The number of carbonyl (C=O) groups excluding carboxylic acids is 3. The molecule has 0 unspecified atom stereocenters. The molecule has 0 saturated heterocycles. The lowest BCUT2D eigenvalue weighted by Gasteiger charge is -2.09. The summed E-state index contributed by atoms with van der Waals surface area (Å²) in [6.45, 7) is 1.61. The highest BCUT2D eigenvalue weighted by atomic mass is 35.5. The van der Waals surface area contributed by atoms with Crippen molar-refractivity contribution < 1.29 is 14.4 Å². The van der Waals surface area contributed by atoms with Gasteiger partial charge in [0.2, 0.25) is 0 Å². The summed E-state index contributed by atoms with van der Waals surface area (Å²) >= 11 is 5.79. The molecule has 2 rings (SSSR count). The first-order valence-corrected chi connectivity index (χ1v) is 7.53. The van der Waals surface area contributed by atoms with Gasteiger partial charge in [-0.1, -0.05) is 35.4 Å². The van der Waals surface area contributed by atoms with Gasteiger partial charge < -0.3 is 5.32 Å². The predicted octanol–water partition coefficient (Wildman–Crippen LogP) is 1.84. The number of hydrogen-bond donors (Lipinski definition) is 3. The maximum Gasteiger partial charge on any atom is 0.269 e. The SMILES string of the molecule is Cc1cccc(C(=O)NCC(=O)NNC(=O)c2cccc(Cl)c2)c1. The van der Waals surface area contributed by atoms with Gasteiger partial charge in [0.05, 0.1) is 6.54 Å². The van der Waals surface area contributed by atoms with Gasteiger partial charge in [0, 0.05) is 16.1 Å². The predicted molar refractivity (Wildman–Crippen MR) is 90.6 cm³/mol. The summed E-state index contributed by atoms with van der Waals surface area (Å²) in [5.41, 5.74) is 6.19. The average Bonchev–Trinajstić information content (AvgIpc) is 2.57. The highest BCUT2D eigenvalue weighted by Gasteiger charge is 2.10. The van der Waals surface area contributed by atoms with Crippen LogP contribution >= 0.6 is 11.6 Å². The molecule has 0 heterocycles. The summed E-state index contributed by atoms with van der Waals surface area (Å²) in [5.74, 6) is -1.42. The van der Waals surface area contributed by atoms with E-state index in [1.54, 1.807) is 36.4 Å². The summed E-state index contributed by atoms with van der Waals surface area (Å²) < 4.78 is 0. The van der Waals surface area contributed by atoms with Gasteiger partial charge in [0.25, 0.3) is 17.7 Å². The lowest BCUT2D eigenvalue weighted by Crippen LogP contribution is -2.46. The fourth-order valence-electron chi connectivity index (χ4n) is 1.92. The van der Waals surface area contributed by atoms with E-state index >= 15 is 0 Å². The van der Waals surface area contributed by atoms with E-state index in [2.05, 4.69) is 16.2 Å². The Morgan fingerprint density at radius 2 is 1.58 bits per heavy atom. The van der Waals surface area contributed by atoms with E-state index in [9.17, 15) is 14.4 Å². The van der Waals surface area contributed by atoms with Crippen LogP contribution in [0.5, 0.6) is 0 Å². The number of amides is 3. The van der Waals surface area contributed by atoms with Crippen LogP contribution in [0.15, 0.2) is 48.5 Å². The fraction of sp³-hybridized carbons (Fsp3) is 0.118. The van der Waals surface area contributed by atoms with E-state index in [4.69, 9.17) is 11.6 Å². The molecule has 7 heteroatoms. The first-order valence-electron chi connectivity index (χ1n) is 7.15. The molecule has 0 atom stereocenters. The third kappa shape index (κ3) is 5.10. The maximum absolute atomic E-state index is 11.9. The number of hydrazine groups is 1. The van der Waals surface area contributed by atoms with Crippen LogP contribution in [-0.2, 0) is 4.79 Å². The molecule has 0 aliphatic rings. The summed E-state index contributed by atoms with van der Waals surface area (Å²) in [7, 11) is 0. The van der Waals surface area contributed by atoms with Crippen LogP contribution in [0.4, 0.5) is 0 Å². The van der Waals surface area contributed by atoms with Crippen LogP contribution < -0.4 is 16.2 Å². The van der Waals surface area contributed by atoms with Crippen LogP contribution in [0.25, 0.3) is 0 Å². The van der Waals surface area contributed by atoms with Crippen molar-refractivity contribution in [1.29, 1.82) is 0 Å². The maximum atomic E-state index is 11.9. The van der Waals surface area contributed by atoms with Crippen molar-refractivity contribution in [3.63, 3.8) is 0 Å². The van der Waals surface area contributed by atoms with Crippen molar-refractivity contribution in [1.82, 2.24) is 16.2 Å². The Morgan fingerprint density at radius 1 is 0.917 bits per heavy atom. The molecule has 0 fully saturated rings. The zero-order valence-electron chi connectivity index (χ0n) is 12.9. The highest BCUT2D eigenvalue weighted by molar-refractivity contribution is 6.30. The van der Waals surface area contributed by atoms with E-state index in [1.165, 1.54) is 6.07 Å². The molecule has 3 N–H and O–H groups in total. The zero-order valence-corrected chi connectivity index (χ0v) is 13.7. The molecule has 0 bridgehead atoms. The number of rotatable bonds is 4. The minimum absolute atomic E-state index is 0.261. The van der Waals surface area contributed by atoms with E-state index in [0.29, 0.717) is 16.1 Å². The van der Waals surface area contributed by atoms with Gasteiger partial charge in [-0.3, -0.25) is 25.2 Å². The molecule has 0 radical (unpaired) electrons. The summed E-state index contributed by atoms with van der Waals surface area (Å²) in [6, 6.07) is 13.3. The van der Waals surface area contributed by atoms with Gasteiger partial charge in [-0.2, -0.15) is 0 Å². The van der Waals surface area contributed by atoms with Gasteiger partial charge in [0.1, 0.15) is 0 Å². The minimum atomic E-state index is -0.550. The first-order chi connectivity index (χ1) is 11.5. The summed E-state index contributed by atoms with van der Waals surface area (Å²) in [5, 5.41) is 2.89. The second kappa shape index (κ2) is 8.12. The van der Waals surface area contributed by atoms with Crippen LogP contribution in [0.1, 0.15) is 26.3 Å². The second-order valence-corrected chi connectivity index (χ2v) is 5.50. The van der Waals surface area contributed by atoms with Crippen molar-refractivity contribution in [2.75, 3.05) is 6.54 Å². The lowest BCUT2D eigenvalue weighted by molar-refractivity contribution is -0.120. The number of aryl methyl sites for hydroxylation is 1. The largest absolute Gasteiger partial charge is 0.343 e. The minimum Gasteiger partial charge on any atom is -0.343 e. The van der Waals surface area contributed by atoms with Gasteiger partial charge in [-0.05, 0) is 37.3 Å². The standard InChI is InChI=1S/C17H16ClN3O3/c1-11-4-2-5-12(8-11)16(23)19-10-15(22)20-21-17(24)13-6-3-7-14(18)9-13/h2-9H,10H2,1H3,(H,19,23)(H,20,22)(H,21,24). The van der Waals surface area contributed by atoms with Crippen LogP contribution in [0.3, 0.4) is 0 Å². The topological polar surface area (TPSA) is 87.3 Å². The molecular formula is C17H16ClN3O3. The molecular weight excluding hydrogens is 330 g/mol. The number of hydrogen-bond acceptors (Lipinski definition) is 3. The quantitative estimate of drug-likeness (QED) is 0.739. The zero-order chi connectivity index (χ0) is 17.5. The summed E-state index contributed by atoms with van der Waals surface area (Å²) in [6.07, 6.45) is 0. The molecule has 0 saturated carbocycles. The number of nitrogens with one attached hydrogen (secondary N) is 3. The van der Waals surface area contributed by atoms with Crippen molar-refractivity contribution in [2.45, 2.75) is 6.92 Å². The fourth-order valence-corrected chi connectivity index (χ4v) is 2.11. The Hall–Kier alpha value is -2.86. The lowest BCUT2D eigenvalue weighted by atomic mass is 10.1. The molecule has 2 aromatic carbocycles. The molecule has 124 valence electrons. The number of carbonyl (C=O) groups is 3. The van der Waals surface area contributed by atoms with Gasteiger partial charge in [0.15, 0.2) is 0 Å². The molecule has 0 aliphatic heterocycles. The van der Waals surface area contributed by atoms with Gasteiger partial charge in [-0.25, -0.2) is 0 Å². The molecule has 6 nitrogen and oxygen atoms in total. The second-order valence-electron chi connectivity index (χ2n) is 5.06.